The van der Waals surface area contributed by atoms with Crippen molar-refractivity contribution in [3.05, 3.63) is 11.6 Å². The smallest absolute Gasteiger partial charge is 0.306 e. The number of carbonyl (C=O) groups is 1. The normalized spacial score (nSPS) is 28.4. The zero-order valence-corrected chi connectivity index (χ0v) is 9.04. The van der Waals surface area contributed by atoms with Gasteiger partial charge in [-0.2, -0.15) is 0 Å². The molecule has 80 valence electrons. The number of rotatable bonds is 3. The molecule has 3 nitrogen and oxygen atoms in total. The zero-order chi connectivity index (χ0) is 10.8. The first-order chi connectivity index (χ1) is 6.41. The van der Waals surface area contributed by atoms with Gasteiger partial charge in [0.05, 0.1) is 6.10 Å². The molecule has 1 aliphatic heterocycles. The van der Waals surface area contributed by atoms with Crippen LogP contribution in [0.25, 0.3) is 0 Å². The van der Waals surface area contributed by atoms with Crippen molar-refractivity contribution in [2.45, 2.75) is 51.7 Å². The molecule has 0 radical (unpaired) electrons. The molecule has 1 rings (SSSR count). The lowest BCUT2D eigenvalue weighted by atomic mass is 9.94. The van der Waals surface area contributed by atoms with E-state index in [1.54, 1.807) is 6.08 Å². The van der Waals surface area contributed by atoms with E-state index >= 15 is 0 Å². The molecule has 0 amide bonds. The number of hydrogen-bond acceptors (Lipinski definition) is 3. The van der Waals surface area contributed by atoms with Crippen molar-refractivity contribution in [2.75, 3.05) is 0 Å². The third-order valence-electron chi connectivity index (χ3n) is 2.38. The van der Waals surface area contributed by atoms with Crippen molar-refractivity contribution in [1.82, 2.24) is 0 Å². The van der Waals surface area contributed by atoms with E-state index in [9.17, 15) is 9.90 Å². The second-order valence-corrected chi connectivity index (χ2v) is 4.44. The second-order valence-electron chi connectivity index (χ2n) is 4.44. The van der Waals surface area contributed by atoms with Gasteiger partial charge in [0.1, 0.15) is 5.60 Å². The maximum absolute atomic E-state index is 10.9. The van der Waals surface area contributed by atoms with Gasteiger partial charge in [-0.05, 0) is 27.2 Å². The van der Waals surface area contributed by atoms with Crippen LogP contribution in [0.5, 0.6) is 0 Å². The van der Waals surface area contributed by atoms with Crippen LogP contribution in [-0.4, -0.2) is 22.8 Å². The van der Waals surface area contributed by atoms with Gasteiger partial charge in [-0.15, -0.1) is 0 Å². The molecule has 0 aromatic rings. The maximum Gasteiger partial charge on any atom is 0.306 e. The minimum atomic E-state index is -0.518. The van der Waals surface area contributed by atoms with E-state index in [0.717, 1.165) is 5.57 Å². The van der Waals surface area contributed by atoms with E-state index in [2.05, 4.69) is 0 Å². The highest BCUT2D eigenvalue weighted by Crippen LogP contribution is 2.30. The molecule has 1 heterocycles. The summed E-state index contributed by atoms with van der Waals surface area (Å²) in [7, 11) is 0. The summed E-state index contributed by atoms with van der Waals surface area (Å²) in [6, 6.07) is 0. The highest BCUT2D eigenvalue weighted by atomic mass is 16.6. The molecule has 0 aromatic carbocycles. The monoisotopic (exact) mass is 198 g/mol. The average Bonchev–Trinajstić information content (AvgIpc) is 2.28. The number of cyclic esters (lactones) is 1. The Morgan fingerprint density at radius 3 is 2.79 bits per heavy atom. The molecule has 1 N–H and O–H groups in total. The molecule has 2 atom stereocenters. The van der Waals surface area contributed by atoms with Crippen molar-refractivity contribution < 1.29 is 14.6 Å². The molecule has 0 bridgehead atoms. The van der Waals surface area contributed by atoms with Crippen LogP contribution in [0.4, 0.5) is 0 Å². The van der Waals surface area contributed by atoms with Gasteiger partial charge in [0.2, 0.25) is 0 Å². The summed E-state index contributed by atoms with van der Waals surface area (Å²) in [5.41, 5.74) is 0.605. The summed E-state index contributed by atoms with van der Waals surface area (Å²) < 4.78 is 5.17. The molecule has 0 saturated carbocycles. The van der Waals surface area contributed by atoms with E-state index in [1.807, 2.05) is 20.8 Å². The Labute approximate surface area is 84.8 Å². The Hall–Kier alpha value is -0.830. The van der Waals surface area contributed by atoms with Crippen LogP contribution in [0.15, 0.2) is 11.6 Å². The lowest BCUT2D eigenvalue weighted by Gasteiger charge is -2.24. The Kier molecular flexibility index (Phi) is 3.32. The number of aliphatic hydroxyl groups is 1. The van der Waals surface area contributed by atoms with Crippen LogP contribution < -0.4 is 0 Å². The van der Waals surface area contributed by atoms with Gasteiger partial charge >= 0.3 is 5.97 Å². The fraction of sp³-hybridized carbons (Fsp3) is 0.727. The van der Waals surface area contributed by atoms with Gasteiger partial charge < -0.3 is 9.84 Å². The molecule has 1 unspecified atom stereocenters. The number of esters is 1. The Morgan fingerprint density at radius 2 is 2.36 bits per heavy atom. The number of hydrogen-bond donors (Lipinski definition) is 1. The Balaban J connectivity index is 2.51. The van der Waals surface area contributed by atoms with E-state index < -0.39 is 11.7 Å². The summed E-state index contributed by atoms with van der Waals surface area (Å²) in [5.74, 6) is -0.156. The van der Waals surface area contributed by atoms with E-state index in [0.29, 0.717) is 19.3 Å². The number of allylic oxidation sites excluding steroid dienone is 1. The maximum atomic E-state index is 10.9. The average molecular weight is 198 g/mol. The van der Waals surface area contributed by atoms with Crippen molar-refractivity contribution in [1.29, 1.82) is 0 Å². The summed E-state index contributed by atoms with van der Waals surface area (Å²) in [5, 5.41) is 9.66. The van der Waals surface area contributed by atoms with Gasteiger partial charge in [-0.25, -0.2) is 0 Å². The van der Waals surface area contributed by atoms with Gasteiger partial charge in [0.25, 0.3) is 0 Å². The molecule has 14 heavy (non-hydrogen) atoms. The summed E-state index contributed by atoms with van der Waals surface area (Å²) in [6.45, 7) is 5.75. The fourth-order valence-corrected chi connectivity index (χ4v) is 1.77. The van der Waals surface area contributed by atoms with Gasteiger partial charge in [0.15, 0.2) is 0 Å². The predicted molar refractivity (Wildman–Crippen MR) is 53.8 cm³/mol. The van der Waals surface area contributed by atoms with Crippen LogP contribution >= 0.6 is 0 Å². The van der Waals surface area contributed by atoms with Crippen molar-refractivity contribution in [2.24, 2.45) is 0 Å². The van der Waals surface area contributed by atoms with E-state index in [4.69, 9.17) is 4.74 Å². The number of carbonyl (C=O) groups excluding carboxylic acids is 1. The van der Waals surface area contributed by atoms with Gasteiger partial charge in [-0.3, -0.25) is 4.79 Å². The van der Waals surface area contributed by atoms with Gasteiger partial charge in [0, 0.05) is 12.8 Å². The largest absolute Gasteiger partial charge is 0.459 e. The highest BCUT2D eigenvalue weighted by molar-refractivity contribution is 5.72. The van der Waals surface area contributed by atoms with Gasteiger partial charge in [-0.1, -0.05) is 11.6 Å². The molecule has 0 aliphatic carbocycles. The van der Waals surface area contributed by atoms with Crippen LogP contribution in [0.2, 0.25) is 0 Å². The first-order valence-corrected chi connectivity index (χ1v) is 4.96. The Bertz CT molecular complexity index is 253. The summed E-state index contributed by atoms with van der Waals surface area (Å²) >= 11 is 0. The predicted octanol–water partition coefficient (Wildman–Crippen LogP) is 1.80. The standard InChI is InChI=1S/C11H18O3/c1-8(2)6-9(12)7-11(3)5-4-10(13)14-11/h6,9,12H,4-5,7H2,1-3H3/t9?,11-/m1/s1. The van der Waals surface area contributed by atoms with Crippen LogP contribution in [0, 0.1) is 0 Å². The molecular formula is C11H18O3. The second kappa shape index (κ2) is 4.13. The van der Waals surface area contributed by atoms with Crippen LogP contribution in [0.3, 0.4) is 0 Å². The Morgan fingerprint density at radius 1 is 1.71 bits per heavy atom. The molecule has 1 aliphatic rings. The molecule has 1 fully saturated rings. The molecular weight excluding hydrogens is 180 g/mol. The lowest BCUT2D eigenvalue weighted by molar-refractivity contribution is -0.148. The van der Waals surface area contributed by atoms with Crippen LogP contribution in [-0.2, 0) is 9.53 Å². The minimum absolute atomic E-state index is 0.156. The quantitative estimate of drug-likeness (QED) is 0.555. The summed E-state index contributed by atoms with van der Waals surface area (Å²) in [6.07, 6.45) is 2.94. The topological polar surface area (TPSA) is 46.5 Å². The molecule has 0 spiro atoms. The number of aliphatic hydroxyl groups excluding tert-OH is 1. The fourth-order valence-electron chi connectivity index (χ4n) is 1.77. The highest BCUT2D eigenvalue weighted by Gasteiger charge is 2.36. The van der Waals surface area contributed by atoms with E-state index in [-0.39, 0.29) is 5.97 Å². The van der Waals surface area contributed by atoms with E-state index in [1.165, 1.54) is 0 Å². The molecule has 3 heteroatoms. The first-order valence-electron chi connectivity index (χ1n) is 4.96. The molecule has 0 aromatic heterocycles. The third-order valence-corrected chi connectivity index (χ3v) is 2.38. The summed E-state index contributed by atoms with van der Waals surface area (Å²) in [4.78, 5) is 10.9. The molecule has 1 saturated heterocycles. The lowest BCUT2D eigenvalue weighted by Crippen LogP contribution is -2.29. The minimum Gasteiger partial charge on any atom is -0.459 e. The van der Waals surface area contributed by atoms with Crippen molar-refractivity contribution >= 4 is 5.97 Å². The zero-order valence-electron chi connectivity index (χ0n) is 9.04. The SMILES string of the molecule is CC(C)=CC(O)C[C@@]1(C)CCC(=O)O1. The first kappa shape index (κ1) is 11.2. The number of ether oxygens (including phenoxy) is 1. The third kappa shape index (κ3) is 3.14. The van der Waals surface area contributed by atoms with Crippen molar-refractivity contribution in [3.8, 4) is 0 Å². The van der Waals surface area contributed by atoms with Crippen LogP contribution in [0.1, 0.15) is 40.0 Å². The van der Waals surface area contributed by atoms with Crippen molar-refractivity contribution in [3.63, 3.8) is 0 Å².